The van der Waals surface area contributed by atoms with Crippen LogP contribution in [0.2, 0.25) is 5.02 Å². The molecule has 0 unspecified atom stereocenters. The molecule has 0 aliphatic carbocycles. The first kappa shape index (κ1) is 21.5. The Balaban J connectivity index is 1.49. The zero-order valence-electron chi connectivity index (χ0n) is 16.7. The van der Waals surface area contributed by atoms with Crippen molar-refractivity contribution in [1.82, 2.24) is 5.43 Å². The van der Waals surface area contributed by atoms with E-state index in [2.05, 4.69) is 15.2 Å². The van der Waals surface area contributed by atoms with Gasteiger partial charge >= 0.3 is 0 Å². The van der Waals surface area contributed by atoms with Crippen molar-refractivity contribution in [2.75, 3.05) is 4.72 Å². The Hall–Kier alpha value is -3.68. The topological polar surface area (TPSA) is 87.6 Å². The molecule has 32 heavy (non-hydrogen) atoms. The van der Waals surface area contributed by atoms with Crippen LogP contribution in [0.1, 0.15) is 15.9 Å². The Labute approximate surface area is 190 Å². The maximum atomic E-state index is 12.7. The van der Waals surface area contributed by atoms with Gasteiger partial charge in [0.1, 0.15) is 0 Å². The van der Waals surface area contributed by atoms with Crippen LogP contribution in [-0.4, -0.2) is 20.5 Å². The second-order valence-electron chi connectivity index (χ2n) is 6.91. The summed E-state index contributed by atoms with van der Waals surface area (Å²) in [6.45, 7) is 0. The van der Waals surface area contributed by atoms with Crippen molar-refractivity contribution in [2.45, 2.75) is 4.90 Å². The molecule has 0 spiro atoms. The molecule has 0 aliphatic heterocycles. The molecule has 0 aromatic heterocycles. The van der Waals surface area contributed by atoms with Gasteiger partial charge in [-0.05, 0) is 53.2 Å². The maximum absolute atomic E-state index is 12.7. The van der Waals surface area contributed by atoms with Crippen molar-refractivity contribution < 1.29 is 13.2 Å². The van der Waals surface area contributed by atoms with Gasteiger partial charge in [0.15, 0.2) is 0 Å². The van der Waals surface area contributed by atoms with Crippen LogP contribution in [0, 0.1) is 0 Å². The SMILES string of the molecule is O=C(NN=Cc1cccc2ccccc12)c1cccc(S(=O)(=O)Nc2ccc(Cl)cc2)c1. The third-order valence-corrected chi connectivity index (χ3v) is 6.33. The van der Waals surface area contributed by atoms with Crippen LogP contribution in [0.3, 0.4) is 0 Å². The summed E-state index contributed by atoms with van der Waals surface area (Å²) in [7, 11) is -3.88. The predicted molar refractivity (Wildman–Crippen MR) is 128 cm³/mol. The van der Waals surface area contributed by atoms with Crippen molar-refractivity contribution in [3.63, 3.8) is 0 Å². The lowest BCUT2D eigenvalue weighted by atomic mass is 10.1. The molecule has 0 aliphatic rings. The van der Waals surface area contributed by atoms with Gasteiger partial charge in [-0.25, -0.2) is 13.8 Å². The van der Waals surface area contributed by atoms with E-state index in [0.717, 1.165) is 16.3 Å². The minimum absolute atomic E-state index is 0.0434. The van der Waals surface area contributed by atoms with E-state index in [4.69, 9.17) is 11.6 Å². The molecule has 4 aromatic rings. The van der Waals surface area contributed by atoms with Crippen LogP contribution in [-0.2, 0) is 10.0 Å². The standard InChI is InChI=1S/C24H18ClN3O3S/c25-20-11-13-21(14-12-20)28-32(30,31)22-9-4-7-18(15-22)24(29)27-26-16-19-8-3-6-17-5-1-2-10-23(17)19/h1-16,28H,(H,27,29). The molecule has 0 fully saturated rings. The molecule has 6 nitrogen and oxygen atoms in total. The number of nitrogens with one attached hydrogen (secondary N) is 2. The highest BCUT2D eigenvalue weighted by Crippen LogP contribution is 2.20. The molecule has 1 amide bonds. The second-order valence-corrected chi connectivity index (χ2v) is 9.03. The Morgan fingerprint density at radius 2 is 1.59 bits per heavy atom. The Bertz CT molecular complexity index is 1410. The highest BCUT2D eigenvalue weighted by molar-refractivity contribution is 7.92. The highest BCUT2D eigenvalue weighted by atomic mass is 35.5. The number of carbonyl (C=O) groups excluding carboxylic acids is 1. The van der Waals surface area contributed by atoms with Crippen molar-refractivity contribution >= 4 is 50.2 Å². The molecule has 0 atom stereocenters. The van der Waals surface area contributed by atoms with Crippen LogP contribution in [0.25, 0.3) is 10.8 Å². The summed E-state index contributed by atoms with van der Waals surface area (Å²) in [5, 5.41) is 6.60. The summed E-state index contributed by atoms with van der Waals surface area (Å²) in [6, 6.07) is 25.6. The fourth-order valence-electron chi connectivity index (χ4n) is 3.12. The normalized spacial score (nSPS) is 11.5. The molecule has 0 radical (unpaired) electrons. The quantitative estimate of drug-likeness (QED) is 0.309. The molecule has 0 heterocycles. The molecule has 0 saturated carbocycles. The van der Waals surface area contributed by atoms with E-state index >= 15 is 0 Å². The molecule has 4 aromatic carbocycles. The number of amides is 1. The Kier molecular flexibility index (Phi) is 6.20. The number of carbonyl (C=O) groups is 1. The minimum atomic E-state index is -3.88. The van der Waals surface area contributed by atoms with Crippen molar-refractivity contribution in [1.29, 1.82) is 0 Å². The van der Waals surface area contributed by atoms with E-state index in [-0.39, 0.29) is 10.5 Å². The number of anilines is 1. The first-order valence-electron chi connectivity index (χ1n) is 9.62. The van der Waals surface area contributed by atoms with Crippen LogP contribution in [0.4, 0.5) is 5.69 Å². The lowest BCUT2D eigenvalue weighted by Crippen LogP contribution is -2.19. The number of fused-ring (bicyclic) bond motifs is 1. The third-order valence-electron chi connectivity index (χ3n) is 4.70. The summed E-state index contributed by atoms with van der Waals surface area (Å²) >= 11 is 5.83. The number of sulfonamides is 1. The Morgan fingerprint density at radius 3 is 2.41 bits per heavy atom. The minimum Gasteiger partial charge on any atom is -0.280 e. The Morgan fingerprint density at radius 1 is 0.875 bits per heavy atom. The van der Waals surface area contributed by atoms with Gasteiger partial charge in [-0.1, -0.05) is 60.1 Å². The summed E-state index contributed by atoms with van der Waals surface area (Å²) in [6.07, 6.45) is 1.56. The van der Waals surface area contributed by atoms with Crippen LogP contribution in [0.5, 0.6) is 0 Å². The molecular weight excluding hydrogens is 446 g/mol. The van der Waals surface area contributed by atoms with Gasteiger partial charge in [0.05, 0.1) is 11.1 Å². The second kappa shape index (κ2) is 9.21. The smallest absolute Gasteiger partial charge is 0.271 e. The number of hydrogen-bond donors (Lipinski definition) is 2. The average molecular weight is 464 g/mol. The first-order chi connectivity index (χ1) is 15.4. The largest absolute Gasteiger partial charge is 0.280 e. The van der Waals surface area contributed by atoms with Crippen LogP contribution in [0.15, 0.2) is 101 Å². The first-order valence-corrected chi connectivity index (χ1v) is 11.5. The molecule has 8 heteroatoms. The van der Waals surface area contributed by atoms with E-state index < -0.39 is 15.9 Å². The van der Waals surface area contributed by atoms with E-state index in [1.807, 2.05) is 42.5 Å². The molecule has 2 N–H and O–H groups in total. The fourth-order valence-corrected chi connectivity index (χ4v) is 4.35. The molecule has 0 bridgehead atoms. The molecule has 4 rings (SSSR count). The number of benzene rings is 4. The van der Waals surface area contributed by atoms with Crippen LogP contribution >= 0.6 is 11.6 Å². The van der Waals surface area contributed by atoms with Gasteiger partial charge in [-0.3, -0.25) is 9.52 Å². The zero-order chi connectivity index (χ0) is 22.6. The number of hydrazone groups is 1. The van der Waals surface area contributed by atoms with Gasteiger partial charge in [-0.2, -0.15) is 5.10 Å². The van der Waals surface area contributed by atoms with E-state index in [0.29, 0.717) is 10.7 Å². The van der Waals surface area contributed by atoms with Crippen LogP contribution < -0.4 is 10.1 Å². The summed E-state index contributed by atoms with van der Waals surface area (Å²) < 4.78 is 27.8. The van der Waals surface area contributed by atoms with Gasteiger partial charge in [0.25, 0.3) is 15.9 Å². The summed E-state index contributed by atoms with van der Waals surface area (Å²) in [5.74, 6) is -0.523. The highest BCUT2D eigenvalue weighted by Gasteiger charge is 2.16. The van der Waals surface area contributed by atoms with E-state index in [1.165, 1.54) is 24.3 Å². The monoisotopic (exact) mass is 463 g/mol. The van der Waals surface area contributed by atoms with E-state index in [9.17, 15) is 13.2 Å². The zero-order valence-corrected chi connectivity index (χ0v) is 18.3. The third kappa shape index (κ3) is 4.96. The number of halogens is 1. The molecule has 0 saturated heterocycles. The van der Waals surface area contributed by atoms with Crippen molar-refractivity contribution in [2.24, 2.45) is 5.10 Å². The fraction of sp³-hybridized carbons (Fsp3) is 0. The van der Waals surface area contributed by atoms with Gasteiger partial charge in [-0.15, -0.1) is 0 Å². The van der Waals surface area contributed by atoms with E-state index in [1.54, 1.807) is 30.5 Å². The number of hydrogen-bond acceptors (Lipinski definition) is 4. The summed E-state index contributed by atoms with van der Waals surface area (Å²) in [4.78, 5) is 12.5. The lowest BCUT2D eigenvalue weighted by molar-refractivity contribution is 0.0955. The van der Waals surface area contributed by atoms with Gasteiger partial charge < -0.3 is 0 Å². The van der Waals surface area contributed by atoms with Crippen molar-refractivity contribution in [3.05, 3.63) is 107 Å². The van der Waals surface area contributed by atoms with Crippen molar-refractivity contribution in [3.8, 4) is 0 Å². The molecular formula is C24H18ClN3O3S. The summed E-state index contributed by atoms with van der Waals surface area (Å²) in [5.41, 5.74) is 3.83. The average Bonchev–Trinajstić information content (AvgIpc) is 2.80. The maximum Gasteiger partial charge on any atom is 0.271 e. The molecule has 160 valence electrons. The van der Waals surface area contributed by atoms with Gasteiger partial charge in [0.2, 0.25) is 0 Å². The number of rotatable bonds is 6. The predicted octanol–water partition coefficient (Wildman–Crippen LogP) is 5.06. The number of nitrogens with zero attached hydrogens (tertiary/aromatic N) is 1. The lowest BCUT2D eigenvalue weighted by Gasteiger charge is -2.09. The van der Waals surface area contributed by atoms with Gasteiger partial charge in [0, 0.05) is 21.8 Å².